The second kappa shape index (κ2) is 6.42. The summed E-state index contributed by atoms with van der Waals surface area (Å²) in [5.74, 6) is 0.965. The van der Waals surface area contributed by atoms with Crippen molar-refractivity contribution in [2.75, 3.05) is 6.54 Å². The molecule has 1 atom stereocenters. The van der Waals surface area contributed by atoms with Gasteiger partial charge in [-0.1, -0.05) is 39.5 Å². The average Bonchev–Trinajstić information content (AvgIpc) is 2.42. The van der Waals surface area contributed by atoms with Gasteiger partial charge in [-0.25, -0.2) is 0 Å². The average molecular weight is 183 g/mol. The zero-order valence-corrected chi connectivity index (χ0v) is 9.31. The smallest absolute Gasteiger partial charge is 0.00925 e. The lowest BCUT2D eigenvalue weighted by Gasteiger charge is -2.25. The summed E-state index contributed by atoms with van der Waals surface area (Å²) in [5.41, 5.74) is 0. The van der Waals surface area contributed by atoms with Crippen LogP contribution < -0.4 is 5.32 Å². The zero-order valence-electron chi connectivity index (χ0n) is 9.31. The molecule has 0 aliphatic heterocycles. The summed E-state index contributed by atoms with van der Waals surface area (Å²) in [4.78, 5) is 0. The fourth-order valence-corrected chi connectivity index (χ4v) is 2.62. The minimum atomic E-state index is 0.795. The molecule has 78 valence electrons. The van der Waals surface area contributed by atoms with Crippen LogP contribution in [-0.2, 0) is 0 Å². The minimum Gasteiger partial charge on any atom is -0.314 e. The van der Waals surface area contributed by atoms with Gasteiger partial charge < -0.3 is 5.32 Å². The van der Waals surface area contributed by atoms with Gasteiger partial charge in [-0.2, -0.15) is 0 Å². The molecule has 0 bridgehead atoms. The van der Waals surface area contributed by atoms with Crippen molar-refractivity contribution in [3.05, 3.63) is 0 Å². The second-order valence-electron chi connectivity index (χ2n) is 4.32. The summed E-state index contributed by atoms with van der Waals surface area (Å²) in [6.45, 7) is 5.67. The van der Waals surface area contributed by atoms with E-state index in [0.717, 1.165) is 18.5 Å². The first kappa shape index (κ1) is 11.0. The summed E-state index contributed by atoms with van der Waals surface area (Å²) >= 11 is 0. The van der Waals surface area contributed by atoms with Crippen LogP contribution in [0.5, 0.6) is 0 Å². The lowest BCUT2D eigenvalue weighted by atomic mass is 9.90. The molecule has 0 aromatic carbocycles. The van der Waals surface area contributed by atoms with E-state index in [-0.39, 0.29) is 0 Å². The van der Waals surface area contributed by atoms with Crippen molar-refractivity contribution < 1.29 is 0 Å². The quantitative estimate of drug-likeness (QED) is 0.659. The SMILES string of the molecule is CCNC(CC)C1CCCCCC1. The first-order chi connectivity index (χ1) is 6.38. The molecule has 1 heteroatoms. The fraction of sp³-hybridized carbons (Fsp3) is 1.00. The Labute approximate surface area is 83.3 Å². The van der Waals surface area contributed by atoms with Gasteiger partial charge in [-0.05, 0) is 31.7 Å². The van der Waals surface area contributed by atoms with Gasteiger partial charge in [0, 0.05) is 6.04 Å². The summed E-state index contributed by atoms with van der Waals surface area (Å²) in [6, 6.07) is 0.795. The van der Waals surface area contributed by atoms with Crippen molar-refractivity contribution in [1.82, 2.24) is 5.32 Å². The van der Waals surface area contributed by atoms with Gasteiger partial charge in [0.25, 0.3) is 0 Å². The maximum absolute atomic E-state index is 3.63. The Bertz CT molecular complexity index is 114. The van der Waals surface area contributed by atoms with Gasteiger partial charge in [-0.3, -0.25) is 0 Å². The molecule has 1 nitrogen and oxygen atoms in total. The van der Waals surface area contributed by atoms with E-state index in [0.29, 0.717) is 0 Å². The van der Waals surface area contributed by atoms with E-state index in [4.69, 9.17) is 0 Å². The Morgan fingerprint density at radius 3 is 2.15 bits per heavy atom. The van der Waals surface area contributed by atoms with Crippen molar-refractivity contribution >= 4 is 0 Å². The molecule has 0 radical (unpaired) electrons. The molecule has 0 aromatic heterocycles. The molecular formula is C12H25N. The van der Waals surface area contributed by atoms with Crippen LogP contribution >= 0.6 is 0 Å². The minimum absolute atomic E-state index is 0.795. The fourth-order valence-electron chi connectivity index (χ4n) is 2.62. The maximum Gasteiger partial charge on any atom is 0.00925 e. The van der Waals surface area contributed by atoms with Gasteiger partial charge in [0.15, 0.2) is 0 Å². The predicted octanol–water partition coefficient (Wildman–Crippen LogP) is 3.34. The van der Waals surface area contributed by atoms with E-state index in [1.807, 2.05) is 0 Å². The Morgan fingerprint density at radius 2 is 1.69 bits per heavy atom. The molecular weight excluding hydrogens is 158 g/mol. The van der Waals surface area contributed by atoms with E-state index in [9.17, 15) is 0 Å². The predicted molar refractivity (Wildman–Crippen MR) is 58.9 cm³/mol. The van der Waals surface area contributed by atoms with E-state index in [2.05, 4.69) is 19.2 Å². The van der Waals surface area contributed by atoms with Crippen LogP contribution in [0.15, 0.2) is 0 Å². The third-order valence-corrected chi connectivity index (χ3v) is 3.38. The van der Waals surface area contributed by atoms with E-state index < -0.39 is 0 Å². The van der Waals surface area contributed by atoms with Gasteiger partial charge in [-0.15, -0.1) is 0 Å². The number of rotatable bonds is 4. The summed E-state index contributed by atoms with van der Waals surface area (Å²) < 4.78 is 0. The van der Waals surface area contributed by atoms with Gasteiger partial charge in [0.05, 0.1) is 0 Å². The number of hydrogen-bond acceptors (Lipinski definition) is 1. The Kier molecular flexibility index (Phi) is 5.45. The van der Waals surface area contributed by atoms with E-state index in [1.165, 1.54) is 44.9 Å². The molecule has 0 saturated heterocycles. The topological polar surface area (TPSA) is 12.0 Å². The van der Waals surface area contributed by atoms with Crippen LogP contribution in [0.1, 0.15) is 58.8 Å². The van der Waals surface area contributed by atoms with Gasteiger partial charge in [0.2, 0.25) is 0 Å². The molecule has 1 aliphatic carbocycles. The highest BCUT2D eigenvalue weighted by atomic mass is 14.9. The first-order valence-electron chi connectivity index (χ1n) is 6.11. The molecule has 1 N–H and O–H groups in total. The summed E-state index contributed by atoms with van der Waals surface area (Å²) in [7, 11) is 0. The third kappa shape index (κ3) is 3.68. The highest BCUT2D eigenvalue weighted by Crippen LogP contribution is 2.26. The molecule has 13 heavy (non-hydrogen) atoms. The van der Waals surface area contributed by atoms with Crippen molar-refractivity contribution in [3.8, 4) is 0 Å². The van der Waals surface area contributed by atoms with Crippen LogP contribution in [0, 0.1) is 5.92 Å². The number of hydrogen-bond donors (Lipinski definition) is 1. The van der Waals surface area contributed by atoms with E-state index >= 15 is 0 Å². The molecule has 0 aromatic rings. The van der Waals surface area contributed by atoms with Crippen molar-refractivity contribution in [2.24, 2.45) is 5.92 Å². The van der Waals surface area contributed by atoms with Crippen LogP contribution in [0.4, 0.5) is 0 Å². The molecule has 1 fully saturated rings. The highest BCUT2D eigenvalue weighted by Gasteiger charge is 2.19. The monoisotopic (exact) mass is 183 g/mol. The second-order valence-corrected chi connectivity index (χ2v) is 4.32. The molecule has 1 saturated carbocycles. The third-order valence-electron chi connectivity index (χ3n) is 3.38. The van der Waals surface area contributed by atoms with Crippen LogP contribution in [0.2, 0.25) is 0 Å². The molecule has 0 amide bonds. The van der Waals surface area contributed by atoms with Crippen LogP contribution in [0.25, 0.3) is 0 Å². The lowest BCUT2D eigenvalue weighted by Crippen LogP contribution is -2.35. The van der Waals surface area contributed by atoms with Gasteiger partial charge in [0.1, 0.15) is 0 Å². The molecule has 0 heterocycles. The van der Waals surface area contributed by atoms with Crippen LogP contribution in [0.3, 0.4) is 0 Å². The largest absolute Gasteiger partial charge is 0.314 e. The molecule has 0 spiro atoms. The Morgan fingerprint density at radius 1 is 1.08 bits per heavy atom. The van der Waals surface area contributed by atoms with Crippen molar-refractivity contribution in [1.29, 1.82) is 0 Å². The highest BCUT2D eigenvalue weighted by molar-refractivity contribution is 4.76. The number of nitrogens with one attached hydrogen (secondary N) is 1. The molecule has 1 unspecified atom stereocenters. The zero-order chi connectivity index (χ0) is 9.52. The Balaban J connectivity index is 2.35. The first-order valence-corrected chi connectivity index (χ1v) is 6.11. The lowest BCUT2D eigenvalue weighted by molar-refractivity contribution is 0.316. The molecule has 1 aliphatic rings. The van der Waals surface area contributed by atoms with Gasteiger partial charge >= 0.3 is 0 Å². The molecule has 1 rings (SSSR count). The van der Waals surface area contributed by atoms with Crippen molar-refractivity contribution in [3.63, 3.8) is 0 Å². The normalized spacial score (nSPS) is 22.6. The van der Waals surface area contributed by atoms with Crippen molar-refractivity contribution in [2.45, 2.75) is 64.8 Å². The van der Waals surface area contributed by atoms with E-state index in [1.54, 1.807) is 0 Å². The Hall–Kier alpha value is -0.0400. The maximum atomic E-state index is 3.63. The standard InChI is InChI=1S/C12H25N/c1-3-12(13-4-2)11-9-7-5-6-8-10-11/h11-13H,3-10H2,1-2H3. The summed E-state index contributed by atoms with van der Waals surface area (Å²) in [5, 5.41) is 3.63. The summed E-state index contributed by atoms with van der Waals surface area (Å²) in [6.07, 6.45) is 10.1. The van der Waals surface area contributed by atoms with Crippen LogP contribution in [-0.4, -0.2) is 12.6 Å².